The number of nitrogens with one attached hydrogen (secondary N) is 2. The van der Waals surface area contributed by atoms with Gasteiger partial charge in [-0.25, -0.2) is 9.37 Å². The largest absolute Gasteiger partial charge is 0.356 e. The molecule has 1 saturated carbocycles. The van der Waals surface area contributed by atoms with Crippen LogP contribution in [0.15, 0.2) is 18.2 Å². The molecular formula is C18H24FN3O. The molecule has 124 valence electrons. The molecule has 0 bridgehead atoms. The van der Waals surface area contributed by atoms with Crippen LogP contribution in [0, 0.1) is 11.7 Å². The number of aromatic amines is 1. The first-order valence-corrected chi connectivity index (χ1v) is 8.61. The highest BCUT2D eigenvalue weighted by atomic mass is 19.1. The topological polar surface area (TPSA) is 57.8 Å². The second kappa shape index (κ2) is 7.57. The Balaban J connectivity index is 1.40. The summed E-state index contributed by atoms with van der Waals surface area (Å²) in [7, 11) is 0. The van der Waals surface area contributed by atoms with E-state index in [1.165, 1.54) is 44.2 Å². The van der Waals surface area contributed by atoms with Crippen molar-refractivity contribution in [3.63, 3.8) is 0 Å². The molecule has 23 heavy (non-hydrogen) atoms. The Morgan fingerprint density at radius 2 is 2.13 bits per heavy atom. The van der Waals surface area contributed by atoms with Crippen molar-refractivity contribution < 1.29 is 9.18 Å². The van der Waals surface area contributed by atoms with Crippen molar-refractivity contribution in [2.75, 3.05) is 6.54 Å². The van der Waals surface area contributed by atoms with Crippen LogP contribution in [0.3, 0.4) is 0 Å². The summed E-state index contributed by atoms with van der Waals surface area (Å²) in [5.41, 5.74) is 1.45. The minimum Gasteiger partial charge on any atom is -0.356 e. The third kappa shape index (κ3) is 4.53. The van der Waals surface area contributed by atoms with Gasteiger partial charge >= 0.3 is 0 Å². The van der Waals surface area contributed by atoms with E-state index in [0.29, 0.717) is 24.9 Å². The maximum absolute atomic E-state index is 13.1. The SMILES string of the molecule is O=C(CCC1CCCCC1)NCCc1nc2ccc(F)cc2[nH]1. The van der Waals surface area contributed by atoms with Gasteiger partial charge in [0.1, 0.15) is 11.6 Å². The predicted octanol–water partition coefficient (Wildman–Crippen LogP) is 3.72. The first-order chi connectivity index (χ1) is 11.2. The molecule has 0 aliphatic heterocycles. The molecule has 1 fully saturated rings. The number of nitrogens with zero attached hydrogens (tertiary/aromatic N) is 1. The Bertz CT molecular complexity index is 661. The maximum Gasteiger partial charge on any atom is 0.220 e. The lowest BCUT2D eigenvalue weighted by molar-refractivity contribution is -0.121. The second-order valence-corrected chi connectivity index (χ2v) is 6.49. The van der Waals surface area contributed by atoms with Crippen molar-refractivity contribution in [1.29, 1.82) is 0 Å². The molecule has 2 aromatic rings. The van der Waals surface area contributed by atoms with Gasteiger partial charge in [0.25, 0.3) is 0 Å². The highest BCUT2D eigenvalue weighted by molar-refractivity contribution is 5.76. The fourth-order valence-electron chi connectivity index (χ4n) is 3.37. The summed E-state index contributed by atoms with van der Waals surface area (Å²) in [6.45, 7) is 0.561. The molecule has 2 N–H and O–H groups in total. The summed E-state index contributed by atoms with van der Waals surface area (Å²) >= 11 is 0. The highest BCUT2D eigenvalue weighted by Gasteiger charge is 2.14. The van der Waals surface area contributed by atoms with Crippen molar-refractivity contribution in [2.45, 2.75) is 51.4 Å². The number of fused-ring (bicyclic) bond motifs is 1. The third-order valence-corrected chi connectivity index (χ3v) is 4.68. The summed E-state index contributed by atoms with van der Waals surface area (Å²) in [5.74, 6) is 1.36. The number of carbonyl (C=O) groups excluding carboxylic acids is 1. The number of benzene rings is 1. The van der Waals surface area contributed by atoms with Crippen molar-refractivity contribution in [2.24, 2.45) is 5.92 Å². The van der Waals surface area contributed by atoms with Crippen molar-refractivity contribution in [1.82, 2.24) is 15.3 Å². The second-order valence-electron chi connectivity index (χ2n) is 6.49. The van der Waals surface area contributed by atoms with E-state index in [9.17, 15) is 9.18 Å². The van der Waals surface area contributed by atoms with Gasteiger partial charge in [0.15, 0.2) is 0 Å². The van der Waals surface area contributed by atoms with Crippen LogP contribution in [0.1, 0.15) is 50.8 Å². The Kier molecular flexibility index (Phi) is 5.26. The molecule has 1 aliphatic rings. The van der Waals surface area contributed by atoms with E-state index in [2.05, 4.69) is 15.3 Å². The zero-order chi connectivity index (χ0) is 16.1. The van der Waals surface area contributed by atoms with Gasteiger partial charge < -0.3 is 10.3 Å². The van der Waals surface area contributed by atoms with E-state index in [0.717, 1.165) is 23.7 Å². The molecule has 0 spiro atoms. The van der Waals surface area contributed by atoms with E-state index in [1.54, 1.807) is 6.07 Å². The summed E-state index contributed by atoms with van der Waals surface area (Å²) in [6, 6.07) is 4.50. The van der Waals surface area contributed by atoms with Crippen LogP contribution in [0.4, 0.5) is 4.39 Å². The van der Waals surface area contributed by atoms with Gasteiger partial charge in [0, 0.05) is 19.4 Å². The molecule has 0 atom stereocenters. The summed E-state index contributed by atoms with van der Waals surface area (Å²) in [5, 5.41) is 2.95. The zero-order valence-electron chi connectivity index (χ0n) is 13.4. The van der Waals surface area contributed by atoms with E-state index in [4.69, 9.17) is 0 Å². The molecule has 5 heteroatoms. The van der Waals surface area contributed by atoms with Gasteiger partial charge in [-0.05, 0) is 30.5 Å². The summed E-state index contributed by atoms with van der Waals surface area (Å²) in [4.78, 5) is 19.4. The summed E-state index contributed by atoms with van der Waals surface area (Å²) in [6.07, 6.45) is 8.81. The minimum absolute atomic E-state index is 0.123. The van der Waals surface area contributed by atoms with Crippen LogP contribution in [0.5, 0.6) is 0 Å². The van der Waals surface area contributed by atoms with Crippen LogP contribution in [0.25, 0.3) is 11.0 Å². The first-order valence-electron chi connectivity index (χ1n) is 8.61. The number of aromatic nitrogens is 2. The van der Waals surface area contributed by atoms with Gasteiger partial charge in [0.2, 0.25) is 5.91 Å². The molecule has 4 nitrogen and oxygen atoms in total. The zero-order valence-corrected chi connectivity index (χ0v) is 13.4. The van der Waals surface area contributed by atoms with E-state index in [1.807, 2.05) is 0 Å². The van der Waals surface area contributed by atoms with Crippen molar-refractivity contribution in [3.05, 3.63) is 29.8 Å². The standard InChI is InChI=1S/C18H24FN3O/c19-14-7-8-15-16(12-14)22-17(21-15)10-11-20-18(23)9-6-13-4-2-1-3-5-13/h7-8,12-13H,1-6,9-11H2,(H,20,23)(H,21,22). The van der Waals surface area contributed by atoms with Gasteiger partial charge in [-0.15, -0.1) is 0 Å². The number of rotatable bonds is 6. The lowest BCUT2D eigenvalue weighted by Gasteiger charge is -2.20. The van der Waals surface area contributed by atoms with Crippen LogP contribution < -0.4 is 5.32 Å². The molecule has 1 amide bonds. The molecule has 1 aromatic carbocycles. The Labute approximate surface area is 135 Å². The molecule has 1 aromatic heterocycles. The van der Waals surface area contributed by atoms with Gasteiger partial charge in [-0.2, -0.15) is 0 Å². The van der Waals surface area contributed by atoms with Gasteiger partial charge in [0.05, 0.1) is 11.0 Å². The van der Waals surface area contributed by atoms with E-state index < -0.39 is 0 Å². The Morgan fingerprint density at radius 3 is 2.96 bits per heavy atom. The lowest BCUT2D eigenvalue weighted by Crippen LogP contribution is -2.26. The number of halogens is 1. The number of imidazole rings is 1. The molecule has 0 radical (unpaired) electrons. The quantitative estimate of drug-likeness (QED) is 0.853. The van der Waals surface area contributed by atoms with E-state index in [-0.39, 0.29) is 11.7 Å². The van der Waals surface area contributed by atoms with Crippen LogP contribution >= 0.6 is 0 Å². The number of H-pyrrole nitrogens is 1. The monoisotopic (exact) mass is 317 g/mol. The molecule has 0 saturated heterocycles. The number of amides is 1. The average Bonchev–Trinajstić information content (AvgIpc) is 2.95. The molecule has 0 unspecified atom stereocenters. The van der Waals surface area contributed by atoms with Gasteiger partial charge in [-0.3, -0.25) is 4.79 Å². The molecule has 1 heterocycles. The third-order valence-electron chi connectivity index (χ3n) is 4.68. The smallest absolute Gasteiger partial charge is 0.220 e. The minimum atomic E-state index is -0.274. The molecule has 1 aliphatic carbocycles. The van der Waals surface area contributed by atoms with E-state index >= 15 is 0 Å². The van der Waals surface area contributed by atoms with Crippen LogP contribution in [0.2, 0.25) is 0 Å². The van der Waals surface area contributed by atoms with Crippen LogP contribution in [-0.2, 0) is 11.2 Å². The fourth-order valence-corrected chi connectivity index (χ4v) is 3.37. The highest BCUT2D eigenvalue weighted by Crippen LogP contribution is 2.27. The molecular weight excluding hydrogens is 293 g/mol. The average molecular weight is 317 g/mol. The lowest BCUT2D eigenvalue weighted by atomic mass is 9.86. The fraction of sp³-hybridized carbons (Fsp3) is 0.556. The number of hydrogen-bond donors (Lipinski definition) is 2. The molecule has 3 rings (SSSR count). The van der Waals surface area contributed by atoms with Crippen molar-refractivity contribution >= 4 is 16.9 Å². The Hall–Kier alpha value is -1.91. The van der Waals surface area contributed by atoms with Gasteiger partial charge in [-0.1, -0.05) is 32.1 Å². The Morgan fingerprint density at radius 1 is 1.30 bits per heavy atom. The van der Waals surface area contributed by atoms with Crippen molar-refractivity contribution in [3.8, 4) is 0 Å². The maximum atomic E-state index is 13.1. The number of carbonyl (C=O) groups is 1. The summed E-state index contributed by atoms with van der Waals surface area (Å²) < 4.78 is 13.1. The van der Waals surface area contributed by atoms with Crippen LogP contribution in [-0.4, -0.2) is 22.4 Å². The normalized spacial score (nSPS) is 15.9. The number of hydrogen-bond acceptors (Lipinski definition) is 2. The first kappa shape index (κ1) is 16.0. The predicted molar refractivity (Wildman–Crippen MR) is 88.6 cm³/mol.